The standard InChI is InChI=1S/C35H66N4O6/c1-8-9-10-11-12-13-14-15-16-17-18-19-20-21-22-23-30(40)37-28(6)33(42)39-32(27(4)5)34(43)36-25-31(41)38-29(24-26(2)3)35(44)45-7/h26-29,32H,8-25H2,1-7H3,(H,36,43)(H,37,40)(H,38,41)(H,39,42). The van der Waals surface area contributed by atoms with E-state index < -0.39 is 41.8 Å². The van der Waals surface area contributed by atoms with Crippen molar-refractivity contribution in [1.82, 2.24) is 21.3 Å². The SMILES string of the molecule is CCCCCCCCCCCCCCCCCC(=O)NC(C)C(=O)NC(C(=O)NCC(=O)NC(CC(C)C)C(=O)OC)C(C)C. The Morgan fingerprint density at radius 3 is 1.53 bits per heavy atom. The van der Waals surface area contributed by atoms with Crippen molar-refractivity contribution < 1.29 is 28.7 Å². The number of nitrogens with one attached hydrogen (secondary N) is 4. The van der Waals surface area contributed by atoms with Crippen LogP contribution in [0.15, 0.2) is 0 Å². The fourth-order valence-corrected chi connectivity index (χ4v) is 5.20. The lowest BCUT2D eigenvalue weighted by molar-refractivity contribution is -0.145. The Morgan fingerprint density at radius 1 is 0.600 bits per heavy atom. The summed E-state index contributed by atoms with van der Waals surface area (Å²) in [6, 6.07) is -2.51. The van der Waals surface area contributed by atoms with Crippen LogP contribution >= 0.6 is 0 Å². The second-order valence-corrected chi connectivity index (χ2v) is 13.2. The maximum absolute atomic E-state index is 12.8. The summed E-state index contributed by atoms with van der Waals surface area (Å²) in [5, 5.41) is 10.5. The maximum Gasteiger partial charge on any atom is 0.328 e. The molecule has 4 N–H and O–H groups in total. The molecule has 10 nitrogen and oxygen atoms in total. The van der Waals surface area contributed by atoms with E-state index in [2.05, 4.69) is 28.2 Å². The van der Waals surface area contributed by atoms with Crippen molar-refractivity contribution in [2.24, 2.45) is 11.8 Å². The fourth-order valence-electron chi connectivity index (χ4n) is 5.20. The van der Waals surface area contributed by atoms with Gasteiger partial charge in [-0.25, -0.2) is 4.79 Å². The van der Waals surface area contributed by atoms with Crippen LogP contribution in [-0.2, 0) is 28.7 Å². The molecule has 0 aliphatic heterocycles. The highest BCUT2D eigenvalue weighted by Gasteiger charge is 2.28. The molecule has 3 unspecified atom stereocenters. The maximum atomic E-state index is 12.8. The Morgan fingerprint density at radius 2 is 1.09 bits per heavy atom. The van der Waals surface area contributed by atoms with Crippen molar-refractivity contribution in [3.63, 3.8) is 0 Å². The van der Waals surface area contributed by atoms with E-state index in [-0.39, 0.29) is 24.3 Å². The van der Waals surface area contributed by atoms with Crippen LogP contribution in [0.4, 0.5) is 0 Å². The molecule has 0 saturated carbocycles. The molecule has 0 bridgehead atoms. The van der Waals surface area contributed by atoms with Gasteiger partial charge in [0.2, 0.25) is 23.6 Å². The first-order chi connectivity index (χ1) is 21.4. The lowest BCUT2D eigenvalue weighted by Gasteiger charge is -2.24. The summed E-state index contributed by atoms with van der Waals surface area (Å²) in [4.78, 5) is 62.3. The quantitative estimate of drug-likeness (QED) is 0.0670. The number of hydrogen-bond donors (Lipinski definition) is 4. The van der Waals surface area contributed by atoms with Gasteiger partial charge >= 0.3 is 5.97 Å². The van der Waals surface area contributed by atoms with Crippen LogP contribution in [0.25, 0.3) is 0 Å². The first kappa shape index (κ1) is 42.3. The van der Waals surface area contributed by atoms with Gasteiger partial charge in [-0.05, 0) is 31.6 Å². The molecule has 0 aliphatic carbocycles. The molecule has 0 fully saturated rings. The predicted octanol–water partition coefficient (Wildman–Crippen LogP) is 5.71. The largest absolute Gasteiger partial charge is 0.467 e. The summed E-state index contributed by atoms with van der Waals surface area (Å²) in [6.45, 7) is 10.9. The summed E-state index contributed by atoms with van der Waals surface area (Å²) in [6.07, 6.45) is 19.6. The van der Waals surface area contributed by atoms with Crippen molar-refractivity contribution >= 4 is 29.6 Å². The molecule has 0 aromatic carbocycles. The lowest BCUT2D eigenvalue weighted by Crippen LogP contribution is -2.56. The zero-order chi connectivity index (χ0) is 34.0. The van der Waals surface area contributed by atoms with Gasteiger partial charge in [0, 0.05) is 6.42 Å². The van der Waals surface area contributed by atoms with Gasteiger partial charge in [0.25, 0.3) is 0 Å². The number of unbranched alkanes of at least 4 members (excludes halogenated alkanes) is 14. The number of carbonyl (C=O) groups excluding carboxylic acids is 5. The molecule has 0 spiro atoms. The van der Waals surface area contributed by atoms with Crippen LogP contribution in [0.3, 0.4) is 0 Å². The zero-order valence-electron chi connectivity index (χ0n) is 29.6. The molecule has 0 aliphatic rings. The third-order valence-corrected chi connectivity index (χ3v) is 7.98. The molecule has 0 aromatic heterocycles. The van der Waals surface area contributed by atoms with E-state index in [0.717, 1.165) is 19.3 Å². The Bertz CT molecular complexity index is 848. The number of esters is 1. The van der Waals surface area contributed by atoms with Crippen molar-refractivity contribution in [3.05, 3.63) is 0 Å². The van der Waals surface area contributed by atoms with Gasteiger partial charge in [0.1, 0.15) is 18.1 Å². The molecule has 4 amide bonds. The smallest absolute Gasteiger partial charge is 0.328 e. The van der Waals surface area contributed by atoms with E-state index in [4.69, 9.17) is 4.74 Å². The number of methoxy groups -OCH3 is 1. The van der Waals surface area contributed by atoms with Crippen molar-refractivity contribution in [1.29, 1.82) is 0 Å². The Hall–Kier alpha value is -2.65. The molecule has 0 saturated heterocycles. The lowest BCUT2D eigenvalue weighted by atomic mass is 10.0. The minimum Gasteiger partial charge on any atom is -0.467 e. The number of amides is 4. The van der Waals surface area contributed by atoms with E-state index in [1.807, 2.05) is 13.8 Å². The zero-order valence-corrected chi connectivity index (χ0v) is 29.6. The molecule has 45 heavy (non-hydrogen) atoms. The van der Waals surface area contributed by atoms with Crippen LogP contribution in [0, 0.1) is 11.8 Å². The van der Waals surface area contributed by atoms with E-state index in [1.54, 1.807) is 20.8 Å². The van der Waals surface area contributed by atoms with Crippen molar-refractivity contribution in [3.8, 4) is 0 Å². The summed E-state index contributed by atoms with van der Waals surface area (Å²) in [7, 11) is 1.25. The minimum atomic E-state index is -0.896. The summed E-state index contributed by atoms with van der Waals surface area (Å²) in [5.41, 5.74) is 0. The second kappa shape index (κ2) is 26.6. The first-order valence-electron chi connectivity index (χ1n) is 17.7. The minimum absolute atomic E-state index is 0.149. The van der Waals surface area contributed by atoms with Crippen molar-refractivity contribution in [2.75, 3.05) is 13.7 Å². The van der Waals surface area contributed by atoms with E-state index in [9.17, 15) is 24.0 Å². The molecule has 262 valence electrons. The topological polar surface area (TPSA) is 143 Å². The van der Waals surface area contributed by atoms with Gasteiger partial charge in [-0.3, -0.25) is 19.2 Å². The summed E-state index contributed by atoms with van der Waals surface area (Å²) in [5.74, 6) is -2.38. The number of rotatable bonds is 27. The Kier molecular flexibility index (Phi) is 25.0. The molecular weight excluding hydrogens is 572 g/mol. The predicted molar refractivity (Wildman–Crippen MR) is 180 cm³/mol. The van der Waals surface area contributed by atoms with Crippen LogP contribution in [0.1, 0.15) is 151 Å². The normalized spacial score (nSPS) is 13.2. The fraction of sp³-hybridized carbons (Fsp3) is 0.857. The van der Waals surface area contributed by atoms with Gasteiger partial charge < -0.3 is 26.0 Å². The van der Waals surface area contributed by atoms with E-state index >= 15 is 0 Å². The van der Waals surface area contributed by atoms with Gasteiger partial charge in [0.05, 0.1) is 13.7 Å². The molecule has 0 heterocycles. The van der Waals surface area contributed by atoms with Gasteiger partial charge in [-0.2, -0.15) is 0 Å². The molecule has 10 heteroatoms. The Labute approximate surface area is 273 Å². The molecule has 3 atom stereocenters. The van der Waals surface area contributed by atoms with Crippen LogP contribution in [0.2, 0.25) is 0 Å². The molecular formula is C35H66N4O6. The van der Waals surface area contributed by atoms with Gasteiger partial charge in [0.15, 0.2) is 0 Å². The number of carbonyl (C=O) groups is 5. The average Bonchev–Trinajstić information content (AvgIpc) is 2.99. The molecule has 0 aromatic rings. The van der Waals surface area contributed by atoms with Crippen LogP contribution in [-0.4, -0.2) is 61.4 Å². The highest BCUT2D eigenvalue weighted by molar-refractivity contribution is 5.93. The number of hydrogen-bond acceptors (Lipinski definition) is 6. The second-order valence-electron chi connectivity index (χ2n) is 13.2. The van der Waals surface area contributed by atoms with E-state index in [0.29, 0.717) is 12.8 Å². The third-order valence-electron chi connectivity index (χ3n) is 7.98. The molecule has 0 radical (unpaired) electrons. The van der Waals surface area contributed by atoms with Gasteiger partial charge in [-0.1, -0.05) is 125 Å². The van der Waals surface area contributed by atoms with Gasteiger partial charge in [-0.15, -0.1) is 0 Å². The highest BCUT2D eigenvalue weighted by atomic mass is 16.5. The third kappa shape index (κ3) is 22.5. The average molecular weight is 639 g/mol. The number of ether oxygens (including phenoxy) is 1. The van der Waals surface area contributed by atoms with Crippen LogP contribution < -0.4 is 21.3 Å². The summed E-state index contributed by atoms with van der Waals surface area (Å²) < 4.78 is 4.75. The first-order valence-corrected chi connectivity index (χ1v) is 17.7. The molecule has 0 rings (SSSR count). The highest BCUT2D eigenvalue weighted by Crippen LogP contribution is 2.14. The van der Waals surface area contributed by atoms with E-state index in [1.165, 1.54) is 84.2 Å². The monoisotopic (exact) mass is 638 g/mol. The summed E-state index contributed by atoms with van der Waals surface area (Å²) >= 11 is 0. The van der Waals surface area contributed by atoms with Crippen LogP contribution in [0.5, 0.6) is 0 Å². The van der Waals surface area contributed by atoms with Crippen molar-refractivity contribution in [2.45, 2.75) is 169 Å². The Balaban J connectivity index is 4.25.